The molecule has 0 aliphatic carbocycles. The molecule has 2 N–H and O–H groups in total. The predicted octanol–water partition coefficient (Wildman–Crippen LogP) is 4.28. The van der Waals surface area contributed by atoms with Crippen molar-refractivity contribution < 1.29 is 9.90 Å². The monoisotopic (exact) mass is 349 g/mol. The average molecular weight is 349 g/mol. The average Bonchev–Trinajstić information content (AvgIpc) is 3.18. The Morgan fingerprint density at radius 3 is 2.72 bits per heavy atom. The van der Waals surface area contributed by atoms with Crippen LogP contribution in [0, 0.1) is 6.92 Å². The number of rotatable bonds is 4. The summed E-state index contributed by atoms with van der Waals surface area (Å²) in [4.78, 5) is 24.7. The van der Waals surface area contributed by atoms with Crippen LogP contribution in [0.5, 0.6) is 0 Å². The van der Waals surface area contributed by atoms with Gasteiger partial charge >= 0.3 is 5.97 Å². The molecule has 2 aromatic heterocycles. The SMILES string of the molecule is Cc1nc(-c2ccccc2)sc1Cc1nc2ccc(C(=O)O)cc2[nH]1. The van der Waals surface area contributed by atoms with Crippen molar-refractivity contribution in [1.29, 1.82) is 0 Å². The van der Waals surface area contributed by atoms with E-state index in [-0.39, 0.29) is 5.56 Å². The lowest BCUT2D eigenvalue weighted by atomic mass is 10.2. The van der Waals surface area contributed by atoms with Crippen LogP contribution in [0.3, 0.4) is 0 Å². The molecule has 0 unspecified atom stereocenters. The molecule has 0 aliphatic heterocycles. The fraction of sp³-hybridized carbons (Fsp3) is 0.105. The normalized spacial score (nSPS) is 11.1. The second-order valence-corrected chi connectivity index (χ2v) is 6.87. The largest absolute Gasteiger partial charge is 0.478 e. The number of nitrogens with zero attached hydrogens (tertiary/aromatic N) is 2. The Morgan fingerprint density at radius 2 is 1.96 bits per heavy atom. The third-order valence-electron chi connectivity index (χ3n) is 4.02. The number of hydrogen-bond acceptors (Lipinski definition) is 4. The minimum atomic E-state index is -0.941. The fourth-order valence-electron chi connectivity index (χ4n) is 2.73. The van der Waals surface area contributed by atoms with E-state index >= 15 is 0 Å². The Bertz CT molecular complexity index is 1070. The van der Waals surface area contributed by atoms with Gasteiger partial charge in [0, 0.05) is 16.9 Å². The zero-order chi connectivity index (χ0) is 17.4. The van der Waals surface area contributed by atoms with Crippen molar-refractivity contribution in [3.8, 4) is 10.6 Å². The van der Waals surface area contributed by atoms with Crippen molar-refractivity contribution in [3.63, 3.8) is 0 Å². The molecule has 0 fully saturated rings. The number of carbonyl (C=O) groups is 1. The highest BCUT2D eigenvalue weighted by Crippen LogP contribution is 2.29. The van der Waals surface area contributed by atoms with Gasteiger partial charge in [0.05, 0.1) is 22.3 Å². The molecule has 124 valence electrons. The summed E-state index contributed by atoms with van der Waals surface area (Å²) >= 11 is 1.66. The number of aryl methyl sites for hydroxylation is 1. The van der Waals surface area contributed by atoms with Gasteiger partial charge in [-0.15, -0.1) is 11.3 Å². The van der Waals surface area contributed by atoms with Crippen molar-refractivity contribution in [2.75, 3.05) is 0 Å². The predicted molar refractivity (Wildman–Crippen MR) is 98.1 cm³/mol. The molecule has 0 bridgehead atoms. The third kappa shape index (κ3) is 3.04. The van der Waals surface area contributed by atoms with Crippen LogP contribution in [0.1, 0.15) is 26.8 Å². The second-order valence-electron chi connectivity index (χ2n) is 5.79. The van der Waals surface area contributed by atoms with Crippen molar-refractivity contribution in [1.82, 2.24) is 15.0 Å². The standard InChI is InChI=1S/C19H15N3O2S/c1-11-16(25-18(20-11)12-5-3-2-4-6-12)10-17-21-14-8-7-13(19(23)24)9-15(14)22-17/h2-9H,10H2,1H3,(H,21,22)(H,23,24). The molecule has 4 rings (SSSR count). The second kappa shape index (κ2) is 6.14. The van der Waals surface area contributed by atoms with Crippen LogP contribution in [0.2, 0.25) is 0 Å². The number of nitrogens with one attached hydrogen (secondary N) is 1. The molecule has 2 heterocycles. The zero-order valence-electron chi connectivity index (χ0n) is 13.5. The first kappa shape index (κ1) is 15.5. The zero-order valence-corrected chi connectivity index (χ0v) is 14.3. The van der Waals surface area contributed by atoms with Crippen molar-refractivity contribution in [3.05, 3.63) is 70.5 Å². The lowest BCUT2D eigenvalue weighted by molar-refractivity contribution is 0.0697. The number of aromatic nitrogens is 3. The number of benzene rings is 2. The van der Waals surface area contributed by atoms with Crippen LogP contribution in [0.15, 0.2) is 48.5 Å². The quantitative estimate of drug-likeness (QED) is 0.576. The maximum Gasteiger partial charge on any atom is 0.335 e. The molecule has 0 amide bonds. The van der Waals surface area contributed by atoms with E-state index in [0.717, 1.165) is 38.0 Å². The molecule has 0 radical (unpaired) electrons. The van der Waals surface area contributed by atoms with Crippen LogP contribution in [-0.4, -0.2) is 26.0 Å². The van der Waals surface area contributed by atoms with Gasteiger partial charge in [-0.05, 0) is 25.1 Å². The van der Waals surface area contributed by atoms with Crippen molar-refractivity contribution in [2.24, 2.45) is 0 Å². The van der Waals surface area contributed by atoms with Crippen molar-refractivity contribution in [2.45, 2.75) is 13.3 Å². The number of carboxylic acids is 1. The summed E-state index contributed by atoms with van der Waals surface area (Å²) in [6, 6.07) is 15.0. The first-order valence-corrected chi connectivity index (χ1v) is 8.65. The van der Waals surface area contributed by atoms with Gasteiger partial charge in [0.1, 0.15) is 10.8 Å². The molecule has 0 saturated heterocycles. The number of hydrogen-bond donors (Lipinski definition) is 2. The highest BCUT2D eigenvalue weighted by atomic mass is 32.1. The van der Waals surface area contributed by atoms with Gasteiger partial charge in [-0.25, -0.2) is 14.8 Å². The van der Waals surface area contributed by atoms with E-state index in [9.17, 15) is 4.79 Å². The molecular formula is C19H15N3O2S. The molecule has 4 aromatic rings. The van der Waals surface area contributed by atoms with E-state index in [4.69, 9.17) is 5.11 Å². The highest BCUT2D eigenvalue weighted by molar-refractivity contribution is 7.15. The smallest absolute Gasteiger partial charge is 0.335 e. The molecule has 0 atom stereocenters. The Kier molecular flexibility index (Phi) is 3.82. The molecule has 25 heavy (non-hydrogen) atoms. The summed E-state index contributed by atoms with van der Waals surface area (Å²) in [5, 5.41) is 10.1. The number of fused-ring (bicyclic) bond motifs is 1. The Morgan fingerprint density at radius 1 is 1.16 bits per heavy atom. The van der Waals surface area contributed by atoms with Gasteiger partial charge < -0.3 is 10.1 Å². The maximum absolute atomic E-state index is 11.1. The van der Waals surface area contributed by atoms with Crippen LogP contribution >= 0.6 is 11.3 Å². The summed E-state index contributed by atoms with van der Waals surface area (Å²) in [5.74, 6) is -0.132. The van der Waals surface area contributed by atoms with Crippen LogP contribution < -0.4 is 0 Å². The summed E-state index contributed by atoms with van der Waals surface area (Å²) in [6.07, 6.45) is 0.646. The van der Waals surface area contributed by atoms with Crippen LogP contribution in [-0.2, 0) is 6.42 Å². The van der Waals surface area contributed by atoms with E-state index in [0.29, 0.717) is 6.42 Å². The number of aromatic carboxylic acids is 1. The highest BCUT2D eigenvalue weighted by Gasteiger charge is 2.13. The van der Waals surface area contributed by atoms with E-state index in [1.807, 2.05) is 25.1 Å². The number of thiazole rings is 1. The van der Waals surface area contributed by atoms with Crippen LogP contribution in [0.4, 0.5) is 0 Å². The summed E-state index contributed by atoms with van der Waals surface area (Å²) in [7, 11) is 0. The minimum absolute atomic E-state index is 0.253. The lowest BCUT2D eigenvalue weighted by Crippen LogP contribution is -1.94. The summed E-state index contributed by atoms with van der Waals surface area (Å²) in [5.41, 5.74) is 3.86. The Balaban J connectivity index is 1.65. The van der Waals surface area contributed by atoms with Gasteiger partial charge in [0.15, 0.2) is 0 Å². The fourth-order valence-corrected chi connectivity index (χ4v) is 3.80. The third-order valence-corrected chi connectivity index (χ3v) is 5.23. The van der Waals surface area contributed by atoms with Gasteiger partial charge in [0.2, 0.25) is 0 Å². The Labute approximate surface area is 148 Å². The maximum atomic E-state index is 11.1. The molecule has 2 aromatic carbocycles. The van der Waals surface area contributed by atoms with Crippen LogP contribution in [0.25, 0.3) is 21.6 Å². The van der Waals surface area contributed by atoms with E-state index < -0.39 is 5.97 Å². The lowest BCUT2D eigenvalue weighted by Gasteiger charge is -1.94. The minimum Gasteiger partial charge on any atom is -0.478 e. The van der Waals surface area contributed by atoms with E-state index in [1.165, 1.54) is 0 Å². The molecule has 0 spiro atoms. The molecule has 5 nitrogen and oxygen atoms in total. The van der Waals surface area contributed by atoms with Gasteiger partial charge in [-0.1, -0.05) is 30.3 Å². The molecule has 0 aliphatic rings. The Hall–Kier alpha value is -2.99. The first-order chi connectivity index (χ1) is 12.1. The van der Waals surface area contributed by atoms with Gasteiger partial charge in [0.25, 0.3) is 0 Å². The first-order valence-electron chi connectivity index (χ1n) is 7.84. The van der Waals surface area contributed by atoms with Gasteiger partial charge in [-0.3, -0.25) is 0 Å². The molecule has 0 saturated carbocycles. The summed E-state index contributed by atoms with van der Waals surface area (Å²) in [6.45, 7) is 2.00. The molecule has 6 heteroatoms. The number of aromatic amines is 1. The van der Waals surface area contributed by atoms with E-state index in [1.54, 1.807) is 29.5 Å². The number of carboxylic acid groups (broad SMARTS) is 1. The van der Waals surface area contributed by atoms with Gasteiger partial charge in [-0.2, -0.15) is 0 Å². The molecular weight excluding hydrogens is 334 g/mol. The number of H-pyrrole nitrogens is 1. The van der Waals surface area contributed by atoms with Crippen molar-refractivity contribution >= 4 is 28.3 Å². The summed E-state index contributed by atoms with van der Waals surface area (Å²) < 4.78 is 0. The number of imidazole rings is 1. The van der Waals surface area contributed by atoms with E-state index in [2.05, 4.69) is 27.1 Å². The topological polar surface area (TPSA) is 78.9 Å².